The Morgan fingerprint density at radius 3 is 2.89 bits per heavy atom. The summed E-state index contributed by atoms with van der Waals surface area (Å²) in [7, 11) is 0. The zero-order valence-corrected chi connectivity index (χ0v) is 6.38. The molecule has 0 amide bonds. The summed E-state index contributed by atoms with van der Waals surface area (Å²) in [6.45, 7) is 1.53. The number of halogens is 1. The van der Waals surface area contributed by atoms with E-state index < -0.39 is 6.17 Å². The fourth-order valence-electron chi connectivity index (χ4n) is 1.06. The van der Waals surface area contributed by atoms with Crippen LogP contribution in [-0.4, -0.2) is 30.8 Å². The van der Waals surface area contributed by atoms with Gasteiger partial charge in [-0.25, -0.2) is 4.39 Å². The molecule has 2 atom stereocenters. The van der Waals surface area contributed by atoms with Gasteiger partial charge in [0.1, 0.15) is 6.17 Å². The minimum atomic E-state index is -0.631. The first-order valence-electron chi connectivity index (χ1n) is 3.22. The standard InChI is InChI=1S/C6H12FNS/c1-9-6-2-3-8-4-5(6)7/h5-6,8H,2-4H2,1H3/t5-,6-/m1/s1. The molecule has 3 heteroatoms. The van der Waals surface area contributed by atoms with Crippen molar-refractivity contribution in [2.45, 2.75) is 17.8 Å². The Morgan fingerprint density at radius 1 is 1.67 bits per heavy atom. The van der Waals surface area contributed by atoms with E-state index in [1.165, 1.54) is 0 Å². The molecule has 1 saturated heterocycles. The van der Waals surface area contributed by atoms with Gasteiger partial charge in [0.25, 0.3) is 0 Å². The Bertz CT molecular complexity index is 89.1. The Morgan fingerprint density at radius 2 is 2.44 bits per heavy atom. The Labute approximate surface area is 59.4 Å². The normalized spacial score (nSPS) is 36.7. The second-order valence-electron chi connectivity index (χ2n) is 2.28. The van der Waals surface area contributed by atoms with Gasteiger partial charge in [-0.2, -0.15) is 11.8 Å². The fraction of sp³-hybridized carbons (Fsp3) is 1.00. The topological polar surface area (TPSA) is 12.0 Å². The van der Waals surface area contributed by atoms with Crippen LogP contribution in [0.1, 0.15) is 6.42 Å². The molecule has 0 bridgehead atoms. The smallest absolute Gasteiger partial charge is 0.124 e. The van der Waals surface area contributed by atoms with Gasteiger partial charge in [0.2, 0.25) is 0 Å². The SMILES string of the molecule is CS[C@@H]1CCNC[C@H]1F. The van der Waals surface area contributed by atoms with Crippen LogP contribution in [0.2, 0.25) is 0 Å². The van der Waals surface area contributed by atoms with E-state index in [4.69, 9.17) is 0 Å². The highest BCUT2D eigenvalue weighted by molar-refractivity contribution is 7.99. The van der Waals surface area contributed by atoms with Crippen molar-refractivity contribution < 1.29 is 4.39 Å². The Balaban J connectivity index is 2.30. The van der Waals surface area contributed by atoms with E-state index in [0.29, 0.717) is 6.54 Å². The maximum atomic E-state index is 12.8. The second kappa shape index (κ2) is 3.42. The van der Waals surface area contributed by atoms with Gasteiger partial charge in [0.15, 0.2) is 0 Å². The third-order valence-corrected chi connectivity index (χ3v) is 2.79. The monoisotopic (exact) mass is 149 g/mol. The van der Waals surface area contributed by atoms with Gasteiger partial charge in [-0.15, -0.1) is 0 Å². The highest BCUT2D eigenvalue weighted by atomic mass is 32.2. The van der Waals surface area contributed by atoms with Crippen molar-refractivity contribution in [3.8, 4) is 0 Å². The summed E-state index contributed by atoms with van der Waals surface area (Å²) in [4.78, 5) is 0. The Hall–Kier alpha value is 0.240. The van der Waals surface area contributed by atoms with E-state index in [1.54, 1.807) is 11.8 Å². The van der Waals surface area contributed by atoms with Crippen LogP contribution in [0.25, 0.3) is 0 Å². The lowest BCUT2D eigenvalue weighted by Crippen LogP contribution is -2.39. The highest BCUT2D eigenvalue weighted by Crippen LogP contribution is 2.19. The highest BCUT2D eigenvalue weighted by Gasteiger charge is 2.22. The van der Waals surface area contributed by atoms with E-state index in [-0.39, 0.29) is 5.25 Å². The lowest BCUT2D eigenvalue weighted by molar-refractivity contribution is 0.275. The number of hydrogen-bond donors (Lipinski definition) is 1. The molecule has 1 heterocycles. The van der Waals surface area contributed by atoms with E-state index in [2.05, 4.69) is 5.32 Å². The van der Waals surface area contributed by atoms with Gasteiger partial charge in [-0.3, -0.25) is 0 Å². The molecular formula is C6H12FNS. The van der Waals surface area contributed by atoms with E-state index >= 15 is 0 Å². The molecule has 0 aromatic carbocycles. The molecule has 1 fully saturated rings. The van der Waals surface area contributed by atoms with Gasteiger partial charge >= 0.3 is 0 Å². The molecular weight excluding hydrogens is 137 g/mol. The number of nitrogens with one attached hydrogen (secondary N) is 1. The van der Waals surface area contributed by atoms with Crippen LogP contribution in [0.4, 0.5) is 4.39 Å². The third-order valence-electron chi connectivity index (χ3n) is 1.65. The Kier molecular flexibility index (Phi) is 2.79. The predicted molar refractivity (Wildman–Crippen MR) is 39.7 cm³/mol. The van der Waals surface area contributed by atoms with Gasteiger partial charge < -0.3 is 5.32 Å². The summed E-state index contributed by atoms with van der Waals surface area (Å²) in [6.07, 6.45) is 2.32. The van der Waals surface area contributed by atoms with Crippen molar-refractivity contribution in [1.29, 1.82) is 0 Å². The quantitative estimate of drug-likeness (QED) is 0.598. The van der Waals surface area contributed by atoms with Crippen LogP contribution in [0.3, 0.4) is 0 Å². The van der Waals surface area contributed by atoms with Crippen LogP contribution < -0.4 is 5.32 Å². The summed E-state index contributed by atoms with van der Waals surface area (Å²) < 4.78 is 12.8. The molecule has 0 spiro atoms. The number of hydrogen-bond acceptors (Lipinski definition) is 2. The molecule has 1 aliphatic rings. The minimum Gasteiger partial charge on any atom is -0.314 e. The molecule has 1 N–H and O–H groups in total. The van der Waals surface area contributed by atoms with Crippen LogP contribution in [0.5, 0.6) is 0 Å². The average Bonchev–Trinajstić information content (AvgIpc) is 1.89. The first kappa shape index (κ1) is 7.35. The zero-order chi connectivity index (χ0) is 6.69. The minimum absolute atomic E-state index is 0.242. The van der Waals surface area contributed by atoms with Gasteiger partial charge in [-0.05, 0) is 19.2 Å². The molecule has 1 rings (SSSR count). The predicted octanol–water partition coefficient (Wildman–Crippen LogP) is 1.05. The molecule has 0 aromatic heterocycles. The summed E-state index contributed by atoms with van der Waals surface area (Å²) in [5, 5.41) is 3.25. The van der Waals surface area contributed by atoms with Crippen molar-refractivity contribution in [3.63, 3.8) is 0 Å². The molecule has 0 unspecified atom stereocenters. The summed E-state index contributed by atoms with van der Waals surface area (Å²) in [5.74, 6) is 0. The lowest BCUT2D eigenvalue weighted by atomic mass is 10.1. The molecule has 0 aromatic rings. The molecule has 0 aliphatic carbocycles. The maximum absolute atomic E-state index is 12.8. The number of thioether (sulfide) groups is 1. The number of rotatable bonds is 1. The maximum Gasteiger partial charge on any atom is 0.124 e. The van der Waals surface area contributed by atoms with Crippen molar-refractivity contribution >= 4 is 11.8 Å². The third kappa shape index (κ3) is 1.83. The lowest BCUT2D eigenvalue weighted by Gasteiger charge is -2.24. The van der Waals surface area contributed by atoms with Crippen LogP contribution in [-0.2, 0) is 0 Å². The van der Waals surface area contributed by atoms with Gasteiger partial charge in [-0.1, -0.05) is 0 Å². The average molecular weight is 149 g/mol. The van der Waals surface area contributed by atoms with Crippen LogP contribution in [0, 0.1) is 0 Å². The molecule has 0 radical (unpaired) electrons. The van der Waals surface area contributed by atoms with Gasteiger partial charge in [0, 0.05) is 11.8 Å². The largest absolute Gasteiger partial charge is 0.314 e. The second-order valence-corrected chi connectivity index (χ2v) is 3.36. The van der Waals surface area contributed by atoms with Crippen LogP contribution in [0.15, 0.2) is 0 Å². The summed E-state index contributed by atoms with van der Waals surface area (Å²) in [5.41, 5.74) is 0. The fourth-order valence-corrected chi connectivity index (χ4v) is 1.81. The molecule has 9 heavy (non-hydrogen) atoms. The number of piperidine rings is 1. The first-order valence-corrected chi connectivity index (χ1v) is 4.51. The van der Waals surface area contributed by atoms with Crippen molar-refractivity contribution in [2.24, 2.45) is 0 Å². The number of alkyl halides is 1. The van der Waals surface area contributed by atoms with E-state index in [9.17, 15) is 4.39 Å². The molecule has 1 nitrogen and oxygen atoms in total. The summed E-state index contributed by atoms with van der Waals surface area (Å²) >= 11 is 1.64. The van der Waals surface area contributed by atoms with E-state index in [0.717, 1.165) is 13.0 Å². The van der Waals surface area contributed by atoms with Gasteiger partial charge in [0.05, 0.1) is 0 Å². The summed E-state index contributed by atoms with van der Waals surface area (Å²) in [6, 6.07) is 0. The molecule has 1 aliphatic heterocycles. The van der Waals surface area contributed by atoms with E-state index in [1.807, 2.05) is 6.26 Å². The molecule has 0 saturated carbocycles. The first-order chi connectivity index (χ1) is 4.34. The van der Waals surface area contributed by atoms with Crippen molar-refractivity contribution in [1.82, 2.24) is 5.32 Å². The van der Waals surface area contributed by atoms with Crippen LogP contribution >= 0.6 is 11.8 Å². The van der Waals surface area contributed by atoms with Crippen molar-refractivity contribution in [3.05, 3.63) is 0 Å². The zero-order valence-electron chi connectivity index (χ0n) is 5.56. The van der Waals surface area contributed by atoms with Crippen molar-refractivity contribution in [2.75, 3.05) is 19.3 Å². The molecule has 54 valence electrons.